The van der Waals surface area contributed by atoms with Crippen LogP contribution in [0.2, 0.25) is 0 Å². The van der Waals surface area contributed by atoms with E-state index in [1.807, 2.05) is 0 Å². The minimum Gasteiger partial charge on any atom is -0.481 e. The molecule has 0 amide bonds. The molecule has 0 rings (SSSR count). The van der Waals surface area contributed by atoms with Gasteiger partial charge in [0.1, 0.15) is 0 Å². The molecule has 0 aromatic heterocycles. The van der Waals surface area contributed by atoms with Crippen LogP contribution in [-0.2, 0) is 4.79 Å². The number of hydrogen-bond donors (Lipinski definition) is 4. The second kappa shape index (κ2) is 7.81. The van der Waals surface area contributed by atoms with Gasteiger partial charge in [-0.15, -0.1) is 0 Å². The molecule has 5 N–H and O–H groups in total. The lowest BCUT2D eigenvalue weighted by Crippen LogP contribution is -2.23. The summed E-state index contributed by atoms with van der Waals surface area (Å²) in [6, 6.07) is 0. The van der Waals surface area contributed by atoms with Gasteiger partial charge in [0.15, 0.2) is 5.96 Å². The lowest BCUT2D eigenvalue weighted by atomic mass is 10.2. The molecule has 0 aromatic carbocycles. The van der Waals surface area contributed by atoms with Crippen LogP contribution in [0.15, 0.2) is 4.99 Å². The molecule has 0 unspecified atom stereocenters. The van der Waals surface area contributed by atoms with Gasteiger partial charge in [0.25, 0.3) is 0 Å². The third-order valence-corrected chi connectivity index (χ3v) is 2.97. The Hall–Kier alpha value is -0.560. The zero-order valence-electron chi connectivity index (χ0n) is 7.72. The Labute approximate surface area is 92.7 Å². The van der Waals surface area contributed by atoms with Gasteiger partial charge in [0.2, 0.25) is 0 Å². The van der Waals surface area contributed by atoms with Crippen molar-refractivity contribution < 1.29 is 9.90 Å². The summed E-state index contributed by atoms with van der Waals surface area (Å²) in [6.07, 6.45) is 0. The number of guanidine groups is 1. The molecule has 5 nitrogen and oxygen atoms in total. The van der Waals surface area contributed by atoms with E-state index in [2.05, 4.69) is 17.6 Å². The highest BCUT2D eigenvalue weighted by atomic mass is 32.2. The molecule has 14 heavy (non-hydrogen) atoms. The van der Waals surface area contributed by atoms with E-state index in [9.17, 15) is 4.79 Å². The molecule has 0 aliphatic carbocycles. The average Bonchev–Trinajstić information content (AvgIpc) is 2.10. The fraction of sp³-hybridized carbons (Fsp3) is 0.714. The molecule has 0 aliphatic rings. The minimum absolute atomic E-state index is 0.0644. The number of carbonyl (C=O) groups is 1. The second-order valence-corrected chi connectivity index (χ2v) is 4.11. The van der Waals surface area contributed by atoms with Crippen LogP contribution in [0.4, 0.5) is 0 Å². The molecule has 82 valence electrons. The number of hydrogen-bond acceptors (Lipinski definition) is 4. The number of nitrogens with zero attached hydrogens (tertiary/aromatic N) is 1. The van der Waals surface area contributed by atoms with Crippen molar-refractivity contribution in [1.29, 1.82) is 0 Å². The van der Waals surface area contributed by atoms with Gasteiger partial charge in [0, 0.05) is 17.3 Å². The maximum atomic E-state index is 10.6. The Bertz CT molecular complexity index is 207. The maximum Gasteiger partial charge on any atom is 0.308 e. The molecule has 0 aromatic rings. The molecule has 7 heteroatoms. The lowest BCUT2D eigenvalue weighted by Gasteiger charge is -2.07. The molecular formula is C7H15N3O2S2. The third kappa shape index (κ3) is 6.90. The third-order valence-electron chi connectivity index (χ3n) is 1.42. The van der Waals surface area contributed by atoms with E-state index in [4.69, 9.17) is 16.6 Å². The summed E-state index contributed by atoms with van der Waals surface area (Å²) in [6.45, 7) is 0.520. The quantitative estimate of drug-likeness (QED) is 0.209. The number of aliphatic carboxylic acids is 1. The Balaban J connectivity index is 3.52. The van der Waals surface area contributed by atoms with E-state index in [0.717, 1.165) is 5.75 Å². The van der Waals surface area contributed by atoms with Gasteiger partial charge in [-0.25, -0.2) is 0 Å². The highest BCUT2D eigenvalue weighted by Gasteiger charge is 2.14. The predicted octanol–water partition coefficient (Wildman–Crippen LogP) is -0.376. The highest BCUT2D eigenvalue weighted by Crippen LogP contribution is 2.10. The van der Waals surface area contributed by atoms with Gasteiger partial charge in [-0.1, -0.05) is 0 Å². The molecule has 0 saturated carbocycles. The molecule has 0 radical (unpaired) electrons. The standard InChI is InChI=1S/C7H15N3O2S2/c8-7(9)10-1-2-14-4-5(3-13)6(11)12/h5,13H,1-4H2,(H,11,12)(H4,8,9,10)/t5-/m0/s1. The number of thiol groups is 1. The van der Waals surface area contributed by atoms with Crippen LogP contribution < -0.4 is 11.5 Å². The van der Waals surface area contributed by atoms with Gasteiger partial charge < -0.3 is 16.6 Å². The minimum atomic E-state index is -0.811. The van der Waals surface area contributed by atoms with E-state index in [-0.39, 0.29) is 5.96 Å². The molecule has 0 bridgehead atoms. The number of nitrogens with two attached hydrogens (primary N) is 2. The lowest BCUT2D eigenvalue weighted by molar-refractivity contribution is -0.140. The van der Waals surface area contributed by atoms with E-state index < -0.39 is 11.9 Å². The molecule has 0 saturated heterocycles. The van der Waals surface area contributed by atoms with Crippen molar-refractivity contribution in [3.63, 3.8) is 0 Å². The summed E-state index contributed by atoms with van der Waals surface area (Å²) in [4.78, 5) is 14.3. The zero-order chi connectivity index (χ0) is 11.0. The van der Waals surface area contributed by atoms with Crippen LogP contribution in [0.5, 0.6) is 0 Å². The summed E-state index contributed by atoms with van der Waals surface area (Å²) in [5, 5.41) is 8.69. The van der Waals surface area contributed by atoms with Crippen molar-refractivity contribution >= 4 is 36.3 Å². The molecule has 0 heterocycles. The van der Waals surface area contributed by atoms with E-state index in [1.165, 1.54) is 11.8 Å². The van der Waals surface area contributed by atoms with Crippen molar-refractivity contribution in [2.45, 2.75) is 0 Å². The summed E-state index contributed by atoms with van der Waals surface area (Å²) >= 11 is 5.46. The first kappa shape index (κ1) is 13.4. The molecule has 1 atom stereocenters. The van der Waals surface area contributed by atoms with E-state index in [1.54, 1.807) is 0 Å². The molecule has 0 spiro atoms. The maximum absolute atomic E-state index is 10.6. The van der Waals surface area contributed by atoms with Gasteiger partial charge >= 0.3 is 5.97 Å². The Morgan fingerprint density at radius 3 is 2.64 bits per heavy atom. The summed E-state index contributed by atoms with van der Waals surface area (Å²) in [5.41, 5.74) is 10.2. The van der Waals surface area contributed by atoms with Gasteiger partial charge in [0.05, 0.1) is 12.5 Å². The smallest absolute Gasteiger partial charge is 0.308 e. The predicted molar refractivity (Wildman–Crippen MR) is 63.0 cm³/mol. The summed E-state index contributed by atoms with van der Waals surface area (Å²) in [7, 11) is 0. The van der Waals surface area contributed by atoms with Crippen molar-refractivity contribution in [3.05, 3.63) is 0 Å². The Kier molecular flexibility index (Phi) is 7.50. The Morgan fingerprint density at radius 1 is 1.57 bits per heavy atom. The zero-order valence-corrected chi connectivity index (χ0v) is 9.43. The monoisotopic (exact) mass is 237 g/mol. The highest BCUT2D eigenvalue weighted by molar-refractivity contribution is 7.99. The van der Waals surface area contributed by atoms with E-state index in [0.29, 0.717) is 18.1 Å². The number of rotatable bonds is 7. The van der Waals surface area contributed by atoms with Gasteiger partial charge in [-0.3, -0.25) is 9.79 Å². The Morgan fingerprint density at radius 2 is 2.21 bits per heavy atom. The van der Waals surface area contributed by atoms with Gasteiger partial charge in [-0.05, 0) is 0 Å². The normalized spacial score (nSPS) is 12.1. The first-order valence-corrected chi connectivity index (χ1v) is 5.83. The molecular weight excluding hydrogens is 222 g/mol. The first-order chi connectivity index (χ1) is 6.57. The van der Waals surface area contributed by atoms with Crippen LogP contribution in [0, 0.1) is 5.92 Å². The number of carboxylic acids is 1. The van der Waals surface area contributed by atoms with E-state index >= 15 is 0 Å². The number of carboxylic acid groups (broad SMARTS) is 1. The largest absolute Gasteiger partial charge is 0.481 e. The van der Waals surface area contributed by atoms with Crippen LogP contribution in [-0.4, -0.2) is 40.8 Å². The topological polar surface area (TPSA) is 102 Å². The van der Waals surface area contributed by atoms with Crippen LogP contribution >= 0.6 is 24.4 Å². The molecule has 0 aliphatic heterocycles. The van der Waals surface area contributed by atoms with Crippen LogP contribution in [0.1, 0.15) is 0 Å². The first-order valence-electron chi connectivity index (χ1n) is 4.04. The van der Waals surface area contributed by atoms with Crippen LogP contribution in [0.25, 0.3) is 0 Å². The average molecular weight is 237 g/mol. The fourth-order valence-corrected chi connectivity index (χ4v) is 2.06. The van der Waals surface area contributed by atoms with Crippen molar-refractivity contribution in [3.8, 4) is 0 Å². The summed E-state index contributed by atoms with van der Waals surface area (Å²) < 4.78 is 0. The van der Waals surface area contributed by atoms with Crippen molar-refractivity contribution in [2.75, 3.05) is 23.8 Å². The SMILES string of the molecule is NC(N)=NCCSC[C@H](CS)C(=O)O. The number of aliphatic imine (C=N–C) groups is 1. The van der Waals surface area contributed by atoms with Gasteiger partial charge in [-0.2, -0.15) is 24.4 Å². The summed E-state index contributed by atoms with van der Waals surface area (Å²) in [5.74, 6) is 0.463. The number of thioether (sulfide) groups is 1. The van der Waals surface area contributed by atoms with Crippen LogP contribution in [0.3, 0.4) is 0 Å². The van der Waals surface area contributed by atoms with Crippen molar-refractivity contribution in [1.82, 2.24) is 0 Å². The molecule has 0 fully saturated rings. The van der Waals surface area contributed by atoms with Crippen molar-refractivity contribution in [2.24, 2.45) is 22.4 Å². The fourth-order valence-electron chi connectivity index (χ4n) is 0.667. The second-order valence-electron chi connectivity index (χ2n) is 2.60.